The summed E-state index contributed by atoms with van der Waals surface area (Å²) in [5.41, 5.74) is 1.74. The van der Waals surface area contributed by atoms with Crippen molar-refractivity contribution in [2.75, 3.05) is 25.1 Å². The monoisotopic (exact) mass is 364 g/mol. The van der Waals surface area contributed by atoms with Crippen LogP contribution in [0.15, 0.2) is 41.6 Å². The van der Waals surface area contributed by atoms with Crippen LogP contribution in [0.25, 0.3) is 11.4 Å². The number of hydrogen-bond donors (Lipinski definition) is 1. The highest BCUT2D eigenvalue weighted by Gasteiger charge is 2.36. The molecule has 3 aromatic rings. The van der Waals surface area contributed by atoms with E-state index >= 15 is 0 Å². The molecule has 1 saturated heterocycles. The first-order chi connectivity index (χ1) is 13.2. The van der Waals surface area contributed by atoms with Gasteiger partial charge in [0.15, 0.2) is 0 Å². The van der Waals surface area contributed by atoms with E-state index < -0.39 is 0 Å². The molecule has 138 valence electrons. The van der Waals surface area contributed by atoms with E-state index in [-0.39, 0.29) is 11.5 Å². The summed E-state index contributed by atoms with van der Waals surface area (Å²) < 4.78 is 7.16. The van der Waals surface area contributed by atoms with Gasteiger partial charge in [0.05, 0.1) is 12.7 Å². The average molecular weight is 364 g/mol. The topological polar surface area (TPSA) is 88.9 Å². The highest BCUT2D eigenvalue weighted by Crippen LogP contribution is 2.36. The van der Waals surface area contributed by atoms with Crippen molar-refractivity contribution in [3.05, 3.63) is 52.8 Å². The minimum absolute atomic E-state index is 0.0308. The summed E-state index contributed by atoms with van der Waals surface area (Å²) in [6, 6.07) is 5.70. The molecule has 2 aliphatic rings. The number of anilines is 1. The normalized spacial score (nSPS) is 21.0. The zero-order valence-corrected chi connectivity index (χ0v) is 15.0. The van der Waals surface area contributed by atoms with Crippen LogP contribution in [0, 0.1) is 5.92 Å². The van der Waals surface area contributed by atoms with Crippen molar-refractivity contribution in [1.82, 2.24) is 24.5 Å². The first kappa shape index (κ1) is 16.0. The smallest absolute Gasteiger partial charge is 0.261 e. The fourth-order valence-electron chi connectivity index (χ4n) is 4.30. The van der Waals surface area contributed by atoms with Gasteiger partial charge in [-0.3, -0.25) is 4.79 Å². The Bertz CT molecular complexity index is 1030. The lowest BCUT2D eigenvalue weighted by Gasteiger charge is -2.42. The Morgan fingerprint density at radius 2 is 2.07 bits per heavy atom. The molecule has 2 atom stereocenters. The number of H-pyrrole nitrogens is 1. The Balaban J connectivity index is 1.49. The standard InChI is InChI=1S/C19H20N6O2/c1-27-16-4-5-22-19(23-16)24-9-12-8-13(11-24)15-3-2-14(17-20-6-7-21-17)18(26)25(15)10-12/h2-7,12-13H,8-11H2,1H3,(H,20,21)/t12-,13+/m0/s1. The van der Waals surface area contributed by atoms with E-state index in [2.05, 4.69) is 30.9 Å². The Morgan fingerprint density at radius 3 is 2.89 bits per heavy atom. The van der Waals surface area contributed by atoms with E-state index in [1.165, 1.54) is 0 Å². The molecule has 0 saturated carbocycles. The van der Waals surface area contributed by atoms with E-state index in [0.29, 0.717) is 35.7 Å². The Kier molecular flexibility index (Phi) is 3.70. The van der Waals surface area contributed by atoms with Gasteiger partial charge in [-0.25, -0.2) is 9.97 Å². The largest absolute Gasteiger partial charge is 0.481 e. The Labute approximate surface area is 155 Å². The van der Waals surface area contributed by atoms with Gasteiger partial charge < -0.3 is 19.2 Å². The van der Waals surface area contributed by atoms with Gasteiger partial charge in [-0.05, 0) is 24.5 Å². The van der Waals surface area contributed by atoms with Crippen molar-refractivity contribution in [2.45, 2.75) is 18.9 Å². The number of rotatable bonds is 3. The third-order valence-corrected chi connectivity index (χ3v) is 5.47. The van der Waals surface area contributed by atoms with Crippen LogP contribution < -0.4 is 15.2 Å². The molecule has 8 heteroatoms. The number of aromatic amines is 1. The van der Waals surface area contributed by atoms with Crippen molar-refractivity contribution in [2.24, 2.45) is 5.92 Å². The van der Waals surface area contributed by atoms with Crippen molar-refractivity contribution in [1.29, 1.82) is 0 Å². The van der Waals surface area contributed by atoms with Gasteiger partial charge in [-0.2, -0.15) is 4.98 Å². The van der Waals surface area contributed by atoms with E-state index in [4.69, 9.17) is 4.74 Å². The average Bonchev–Trinajstić information content (AvgIpc) is 3.23. The van der Waals surface area contributed by atoms with Crippen LogP contribution in [0.5, 0.6) is 5.88 Å². The summed E-state index contributed by atoms with van der Waals surface area (Å²) in [5.74, 6) is 2.54. The number of nitrogens with one attached hydrogen (secondary N) is 1. The van der Waals surface area contributed by atoms with Crippen LogP contribution in [-0.4, -0.2) is 44.7 Å². The van der Waals surface area contributed by atoms with E-state index in [1.54, 1.807) is 31.8 Å². The molecule has 1 fully saturated rings. The highest BCUT2D eigenvalue weighted by atomic mass is 16.5. The minimum atomic E-state index is 0.0308. The van der Waals surface area contributed by atoms with Crippen LogP contribution in [0.4, 0.5) is 5.95 Å². The van der Waals surface area contributed by atoms with Crippen molar-refractivity contribution >= 4 is 5.95 Å². The second kappa shape index (κ2) is 6.22. The maximum atomic E-state index is 13.0. The van der Waals surface area contributed by atoms with Gasteiger partial charge in [0, 0.05) is 55.9 Å². The van der Waals surface area contributed by atoms with Crippen molar-refractivity contribution in [3.63, 3.8) is 0 Å². The first-order valence-electron chi connectivity index (χ1n) is 9.08. The molecule has 0 radical (unpaired) electrons. The Hall–Kier alpha value is -3.16. The number of aromatic nitrogens is 5. The lowest BCUT2D eigenvalue weighted by atomic mass is 9.83. The van der Waals surface area contributed by atoms with Gasteiger partial charge in [0.2, 0.25) is 11.8 Å². The van der Waals surface area contributed by atoms with Gasteiger partial charge in [0.1, 0.15) is 5.82 Å². The maximum Gasteiger partial charge on any atom is 0.261 e. The van der Waals surface area contributed by atoms with E-state index in [0.717, 1.165) is 25.2 Å². The highest BCUT2D eigenvalue weighted by molar-refractivity contribution is 5.54. The van der Waals surface area contributed by atoms with Crippen LogP contribution in [0.2, 0.25) is 0 Å². The summed E-state index contributed by atoms with van der Waals surface area (Å²) in [4.78, 5) is 31.4. The zero-order valence-electron chi connectivity index (χ0n) is 15.0. The van der Waals surface area contributed by atoms with Crippen LogP contribution in [0.3, 0.4) is 0 Å². The fraction of sp³-hybridized carbons (Fsp3) is 0.368. The summed E-state index contributed by atoms with van der Waals surface area (Å²) in [6.45, 7) is 2.34. The lowest BCUT2D eigenvalue weighted by Crippen LogP contribution is -2.48. The van der Waals surface area contributed by atoms with Crippen LogP contribution in [-0.2, 0) is 6.54 Å². The van der Waals surface area contributed by atoms with Gasteiger partial charge in [0.25, 0.3) is 5.56 Å². The predicted molar refractivity (Wildman–Crippen MR) is 99.9 cm³/mol. The number of ether oxygens (including phenoxy) is 1. The Morgan fingerprint density at radius 1 is 1.15 bits per heavy atom. The third-order valence-electron chi connectivity index (χ3n) is 5.47. The molecule has 27 heavy (non-hydrogen) atoms. The van der Waals surface area contributed by atoms with Crippen LogP contribution >= 0.6 is 0 Å². The molecule has 3 aromatic heterocycles. The summed E-state index contributed by atoms with van der Waals surface area (Å²) >= 11 is 0. The lowest BCUT2D eigenvalue weighted by molar-refractivity contribution is 0.279. The molecular formula is C19H20N6O2. The molecule has 5 heterocycles. The molecule has 2 aliphatic heterocycles. The first-order valence-corrected chi connectivity index (χ1v) is 9.08. The zero-order chi connectivity index (χ0) is 18.4. The van der Waals surface area contributed by atoms with Gasteiger partial charge in [-0.15, -0.1) is 0 Å². The quantitative estimate of drug-likeness (QED) is 0.760. The second-order valence-corrected chi connectivity index (χ2v) is 7.13. The van der Waals surface area contributed by atoms with E-state index in [1.807, 2.05) is 10.6 Å². The number of pyridine rings is 1. The number of imidazole rings is 1. The fourth-order valence-corrected chi connectivity index (χ4v) is 4.30. The number of piperidine rings is 1. The molecular weight excluding hydrogens is 344 g/mol. The second-order valence-electron chi connectivity index (χ2n) is 7.13. The van der Waals surface area contributed by atoms with Gasteiger partial charge in [-0.1, -0.05) is 0 Å². The van der Waals surface area contributed by atoms with Crippen molar-refractivity contribution < 1.29 is 4.74 Å². The van der Waals surface area contributed by atoms with Gasteiger partial charge >= 0.3 is 0 Å². The summed E-state index contributed by atoms with van der Waals surface area (Å²) in [5, 5.41) is 0. The number of methoxy groups -OCH3 is 1. The molecule has 5 rings (SSSR count). The molecule has 0 aliphatic carbocycles. The number of fused-ring (bicyclic) bond motifs is 4. The number of hydrogen-bond acceptors (Lipinski definition) is 6. The molecule has 0 amide bonds. The SMILES string of the molecule is COc1ccnc(N2C[C@@H]3C[C@H](C2)c2ccc(-c4ncc[nH]4)c(=O)n2C3)n1. The minimum Gasteiger partial charge on any atom is -0.481 e. The molecule has 0 unspecified atom stereocenters. The molecule has 0 aromatic carbocycles. The summed E-state index contributed by atoms with van der Waals surface area (Å²) in [6.07, 6.45) is 6.21. The molecule has 1 N–H and O–H groups in total. The predicted octanol–water partition coefficient (Wildman–Crippen LogP) is 1.66. The van der Waals surface area contributed by atoms with E-state index in [9.17, 15) is 4.79 Å². The maximum absolute atomic E-state index is 13.0. The van der Waals surface area contributed by atoms with Crippen molar-refractivity contribution in [3.8, 4) is 17.3 Å². The molecule has 8 nitrogen and oxygen atoms in total. The van der Waals surface area contributed by atoms with Crippen LogP contribution in [0.1, 0.15) is 18.0 Å². The third kappa shape index (κ3) is 2.68. The number of nitrogens with zero attached hydrogens (tertiary/aromatic N) is 5. The molecule has 2 bridgehead atoms. The molecule has 0 spiro atoms. The summed E-state index contributed by atoms with van der Waals surface area (Å²) in [7, 11) is 1.61.